The van der Waals surface area contributed by atoms with Gasteiger partial charge in [0.25, 0.3) is 0 Å². The highest BCUT2D eigenvalue weighted by Gasteiger charge is 2.16. The number of hydrogen-bond donors (Lipinski definition) is 3. The maximum atomic E-state index is 11.6. The minimum atomic E-state index is -0.487. The van der Waals surface area contributed by atoms with E-state index in [-0.39, 0.29) is 24.0 Å². The number of guanidine groups is 1. The molecule has 0 bridgehead atoms. The third-order valence-corrected chi connectivity index (χ3v) is 4.85. The molecular weight excluding hydrogens is 491 g/mol. The molecule has 0 spiro atoms. The number of alkyl carbamates (subject to hydrolysis) is 1. The van der Waals surface area contributed by atoms with Crippen LogP contribution in [0.1, 0.15) is 39.3 Å². The lowest BCUT2D eigenvalue weighted by atomic mass is 10.2. The van der Waals surface area contributed by atoms with Crippen LogP contribution >= 0.6 is 35.3 Å². The first-order valence-corrected chi connectivity index (χ1v) is 10.4. The Morgan fingerprint density at radius 2 is 1.86 bits per heavy atom. The van der Waals surface area contributed by atoms with Gasteiger partial charge in [0.1, 0.15) is 5.60 Å². The quantitative estimate of drug-likeness (QED) is 0.220. The van der Waals surface area contributed by atoms with Crippen molar-refractivity contribution in [3.63, 3.8) is 0 Å². The van der Waals surface area contributed by atoms with Crippen LogP contribution in [-0.4, -0.2) is 62.4 Å². The van der Waals surface area contributed by atoms with Gasteiger partial charge in [-0.05, 0) is 33.6 Å². The number of anilines is 1. The highest BCUT2D eigenvalue weighted by molar-refractivity contribution is 14.0. The number of hydrogen-bond acceptors (Lipinski definition) is 6. The summed E-state index contributed by atoms with van der Waals surface area (Å²) in [5.41, 5.74) is 0.621. The Morgan fingerprint density at radius 3 is 2.50 bits per heavy atom. The highest BCUT2D eigenvalue weighted by atomic mass is 127. The topological polar surface area (TPSA) is 90.9 Å². The Labute approximate surface area is 188 Å². The van der Waals surface area contributed by atoms with Gasteiger partial charge in [-0.25, -0.2) is 9.78 Å². The van der Waals surface area contributed by atoms with Gasteiger partial charge in [-0.1, -0.05) is 0 Å². The van der Waals surface area contributed by atoms with Gasteiger partial charge in [0.05, 0.1) is 5.69 Å². The number of aromatic nitrogens is 1. The van der Waals surface area contributed by atoms with Crippen molar-refractivity contribution < 1.29 is 9.53 Å². The second-order valence-electron chi connectivity index (χ2n) is 7.42. The van der Waals surface area contributed by atoms with Crippen LogP contribution in [0.5, 0.6) is 0 Å². The first-order valence-electron chi connectivity index (χ1n) is 9.48. The van der Waals surface area contributed by atoms with Crippen molar-refractivity contribution in [1.82, 2.24) is 20.9 Å². The number of carbonyl (C=O) groups is 1. The number of ether oxygens (including phenoxy) is 1. The van der Waals surface area contributed by atoms with E-state index in [0.717, 1.165) is 36.9 Å². The smallest absolute Gasteiger partial charge is 0.407 e. The van der Waals surface area contributed by atoms with Crippen LogP contribution in [0, 0.1) is 0 Å². The number of rotatable bonds is 7. The summed E-state index contributed by atoms with van der Waals surface area (Å²) in [7, 11) is 1.73. The molecule has 0 unspecified atom stereocenters. The molecule has 1 aliphatic rings. The summed E-state index contributed by atoms with van der Waals surface area (Å²) in [6.45, 7) is 9.54. The van der Waals surface area contributed by atoms with E-state index in [9.17, 15) is 4.79 Å². The zero-order valence-corrected chi connectivity index (χ0v) is 20.4. The summed E-state index contributed by atoms with van der Waals surface area (Å²) in [6, 6.07) is 0. The molecule has 1 aromatic rings. The van der Waals surface area contributed by atoms with E-state index >= 15 is 0 Å². The summed E-state index contributed by atoms with van der Waals surface area (Å²) in [6.07, 6.45) is 2.97. The van der Waals surface area contributed by atoms with E-state index in [0.29, 0.717) is 19.0 Å². The Balaban J connectivity index is 0.00000392. The molecule has 2 heterocycles. The van der Waals surface area contributed by atoms with Crippen molar-refractivity contribution in [2.24, 2.45) is 4.99 Å². The average Bonchev–Trinajstić information content (AvgIpc) is 3.26. The first kappa shape index (κ1) is 24.7. The Morgan fingerprint density at radius 1 is 1.21 bits per heavy atom. The second kappa shape index (κ2) is 12.3. The van der Waals surface area contributed by atoms with Gasteiger partial charge in [-0.15, -0.1) is 35.3 Å². The predicted octanol–water partition coefficient (Wildman–Crippen LogP) is 2.59. The molecule has 1 fully saturated rings. The molecule has 28 heavy (non-hydrogen) atoms. The van der Waals surface area contributed by atoms with Gasteiger partial charge in [0.15, 0.2) is 11.1 Å². The monoisotopic (exact) mass is 524 g/mol. The van der Waals surface area contributed by atoms with Crippen molar-refractivity contribution in [3.05, 3.63) is 11.1 Å². The number of carbonyl (C=O) groups excluding carboxylic acids is 1. The Bertz CT molecular complexity index is 626. The summed E-state index contributed by atoms with van der Waals surface area (Å²) >= 11 is 1.72. The van der Waals surface area contributed by atoms with Gasteiger partial charge < -0.3 is 25.6 Å². The number of aliphatic imine (C=N–C) groups is 1. The Hall–Kier alpha value is -1.30. The lowest BCUT2D eigenvalue weighted by Crippen LogP contribution is -2.43. The van der Waals surface area contributed by atoms with Crippen LogP contribution in [0.3, 0.4) is 0 Å². The number of nitrogens with zero attached hydrogens (tertiary/aromatic N) is 3. The van der Waals surface area contributed by atoms with Crippen LogP contribution in [-0.2, 0) is 11.2 Å². The van der Waals surface area contributed by atoms with E-state index in [1.165, 1.54) is 12.8 Å². The lowest BCUT2D eigenvalue weighted by Gasteiger charge is -2.19. The SMILES string of the molecule is CN=C(NCCNC(=O)OC(C)(C)C)NCCc1csc(N2CCCC2)n1.I. The summed E-state index contributed by atoms with van der Waals surface area (Å²) in [4.78, 5) is 22.9. The van der Waals surface area contributed by atoms with Crippen LogP contribution in [0.15, 0.2) is 10.4 Å². The minimum Gasteiger partial charge on any atom is -0.444 e. The van der Waals surface area contributed by atoms with Crippen molar-refractivity contribution in [2.75, 3.05) is 44.7 Å². The molecule has 0 aromatic carbocycles. The molecule has 2 rings (SSSR count). The zero-order valence-electron chi connectivity index (χ0n) is 17.2. The molecule has 0 atom stereocenters. The van der Waals surface area contributed by atoms with E-state index < -0.39 is 11.7 Å². The van der Waals surface area contributed by atoms with E-state index in [4.69, 9.17) is 9.72 Å². The maximum Gasteiger partial charge on any atom is 0.407 e. The number of thiazole rings is 1. The molecule has 0 saturated carbocycles. The van der Waals surface area contributed by atoms with Gasteiger partial charge in [-0.3, -0.25) is 4.99 Å². The molecule has 1 saturated heterocycles. The van der Waals surface area contributed by atoms with Gasteiger partial charge in [-0.2, -0.15) is 0 Å². The number of amides is 1. The third-order valence-electron chi connectivity index (χ3n) is 3.90. The summed E-state index contributed by atoms with van der Waals surface area (Å²) in [5, 5.41) is 12.4. The van der Waals surface area contributed by atoms with Crippen LogP contribution in [0.2, 0.25) is 0 Å². The Kier molecular flexibility index (Phi) is 10.9. The third kappa shape index (κ3) is 9.26. The van der Waals surface area contributed by atoms with Crippen LogP contribution < -0.4 is 20.9 Å². The van der Waals surface area contributed by atoms with Crippen molar-refractivity contribution >= 4 is 52.5 Å². The van der Waals surface area contributed by atoms with Crippen LogP contribution in [0.4, 0.5) is 9.93 Å². The molecule has 3 N–H and O–H groups in total. The van der Waals surface area contributed by atoms with E-state index in [1.54, 1.807) is 18.4 Å². The summed E-state index contributed by atoms with van der Waals surface area (Å²) in [5.74, 6) is 0.705. The molecule has 10 heteroatoms. The fourth-order valence-corrected chi connectivity index (χ4v) is 3.57. The molecule has 160 valence electrons. The van der Waals surface area contributed by atoms with Gasteiger partial charge in [0.2, 0.25) is 0 Å². The largest absolute Gasteiger partial charge is 0.444 e. The number of halogens is 1. The van der Waals surface area contributed by atoms with Gasteiger partial charge in [0, 0.05) is 51.6 Å². The fraction of sp³-hybridized carbons (Fsp3) is 0.722. The standard InChI is InChI=1S/C18H32N6O2S.HI/c1-18(2,3)26-17(25)22-10-9-21-15(19-4)20-8-7-14-13-27-16(23-14)24-11-5-6-12-24;/h13H,5-12H2,1-4H3,(H,22,25)(H2,19,20,21);1H. The molecule has 0 aliphatic carbocycles. The van der Waals surface area contributed by atoms with Crippen molar-refractivity contribution in [1.29, 1.82) is 0 Å². The highest BCUT2D eigenvalue weighted by Crippen LogP contribution is 2.24. The number of nitrogens with one attached hydrogen (secondary N) is 3. The second-order valence-corrected chi connectivity index (χ2v) is 8.26. The molecule has 1 aliphatic heterocycles. The predicted molar refractivity (Wildman–Crippen MR) is 126 cm³/mol. The molecule has 1 aromatic heterocycles. The normalized spacial score (nSPS) is 14.4. The zero-order chi connectivity index (χ0) is 19.7. The van der Waals surface area contributed by atoms with Crippen molar-refractivity contribution in [2.45, 2.75) is 45.6 Å². The fourth-order valence-electron chi connectivity index (χ4n) is 2.65. The average molecular weight is 524 g/mol. The van der Waals surface area contributed by atoms with Crippen molar-refractivity contribution in [3.8, 4) is 0 Å². The van der Waals surface area contributed by atoms with E-state index in [1.807, 2.05) is 20.8 Å². The van der Waals surface area contributed by atoms with Gasteiger partial charge >= 0.3 is 6.09 Å². The minimum absolute atomic E-state index is 0. The van der Waals surface area contributed by atoms with E-state index in [2.05, 4.69) is 31.2 Å². The molecule has 1 amide bonds. The molecule has 0 radical (unpaired) electrons. The molecular formula is C18H33IN6O2S. The lowest BCUT2D eigenvalue weighted by molar-refractivity contribution is 0.0529. The summed E-state index contributed by atoms with van der Waals surface area (Å²) < 4.78 is 5.19. The maximum absolute atomic E-state index is 11.6. The molecule has 8 nitrogen and oxygen atoms in total. The van der Waals surface area contributed by atoms with Crippen LogP contribution in [0.25, 0.3) is 0 Å². The first-order chi connectivity index (χ1) is 12.9.